The first kappa shape index (κ1) is 20.3. The maximum Gasteiger partial charge on any atom is 0.306 e. The van der Waals surface area contributed by atoms with Crippen LogP contribution < -0.4 is 15.4 Å². The molecule has 2 rings (SSSR count). The molecule has 8 heteroatoms. The summed E-state index contributed by atoms with van der Waals surface area (Å²) in [5.41, 5.74) is 1.02. The monoisotopic (exact) mass is 390 g/mol. The largest absolute Gasteiger partial charge is 0.497 e. The first-order chi connectivity index (χ1) is 13.0. The number of hydrogen-bond acceptors (Lipinski definition) is 5. The van der Waals surface area contributed by atoms with E-state index in [1.807, 2.05) is 0 Å². The van der Waals surface area contributed by atoms with E-state index < -0.39 is 18.5 Å². The lowest BCUT2D eigenvalue weighted by atomic mass is 10.2. The first-order valence-electron chi connectivity index (χ1n) is 8.12. The van der Waals surface area contributed by atoms with Gasteiger partial charge in [-0.3, -0.25) is 14.4 Å². The Morgan fingerprint density at radius 3 is 2.30 bits per heavy atom. The molecule has 0 aliphatic heterocycles. The Bertz CT molecular complexity index is 808. The summed E-state index contributed by atoms with van der Waals surface area (Å²) < 4.78 is 9.89. The van der Waals surface area contributed by atoms with Crippen molar-refractivity contribution in [3.8, 4) is 5.75 Å². The quantitative estimate of drug-likeness (QED) is 0.675. The summed E-state index contributed by atoms with van der Waals surface area (Å²) in [4.78, 5) is 35.3. The van der Waals surface area contributed by atoms with Crippen LogP contribution in [-0.2, 0) is 19.1 Å². The van der Waals surface area contributed by atoms with Crippen LogP contribution in [-0.4, -0.2) is 31.5 Å². The number of nitrogens with one attached hydrogen (secondary N) is 2. The molecule has 0 fully saturated rings. The molecule has 0 aliphatic rings. The van der Waals surface area contributed by atoms with Crippen LogP contribution in [0.3, 0.4) is 0 Å². The number of esters is 1. The molecule has 0 aromatic heterocycles. The molecule has 0 saturated carbocycles. The van der Waals surface area contributed by atoms with Crippen molar-refractivity contribution in [2.24, 2.45) is 0 Å². The molecule has 2 aromatic rings. The molecule has 0 radical (unpaired) electrons. The number of rotatable bonds is 8. The van der Waals surface area contributed by atoms with E-state index in [0.717, 1.165) is 0 Å². The van der Waals surface area contributed by atoms with Gasteiger partial charge < -0.3 is 20.1 Å². The second-order valence-corrected chi connectivity index (χ2v) is 5.87. The molecule has 0 bridgehead atoms. The zero-order valence-corrected chi connectivity index (χ0v) is 15.4. The van der Waals surface area contributed by atoms with Gasteiger partial charge in [-0.1, -0.05) is 23.7 Å². The van der Waals surface area contributed by atoms with Crippen LogP contribution in [0.15, 0.2) is 48.5 Å². The standard InChI is InChI=1S/C19H19ClN2O5/c1-26-14-8-6-13(7-9-14)21-17(23)10-11-19(25)27-12-18(24)22-16-5-3-2-4-15(16)20/h2-9H,10-12H2,1H3,(H,21,23)(H,22,24). The van der Waals surface area contributed by atoms with E-state index in [0.29, 0.717) is 22.1 Å². The molecule has 2 aromatic carbocycles. The summed E-state index contributed by atoms with van der Waals surface area (Å²) in [5.74, 6) is -0.822. The summed E-state index contributed by atoms with van der Waals surface area (Å²) >= 11 is 5.93. The molecule has 2 amide bonds. The molecule has 0 atom stereocenters. The highest BCUT2D eigenvalue weighted by Gasteiger charge is 2.11. The number of amides is 2. The molecule has 0 heterocycles. The van der Waals surface area contributed by atoms with E-state index in [9.17, 15) is 14.4 Å². The SMILES string of the molecule is COc1ccc(NC(=O)CCC(=O)OCC(=O)Nc2ccccc2Cl)cc1. The van der Waals surface area contributed by atoms with Gasteiger partial charge in [0.05, 0.1) is 24.2 Å². The smallest absolute Gasteiger partial charge is 0.306 e. The van der Waals surface area contributed by atoms with Crippen molar-refractivity contribution in [1.29, 1.82) is 0 Å². The number of methoxy groups -OCH3 is 1. The molecule has 0 unspecified atom stereocenters. The maximum atomic E-state index is 11.8. The average Bonchev–Trinajstić information content (AvgIpc) is 2.67. The van der Waals surface area contributed by atoms with Crippen molar-refractivity contribution < 1.29 is 23.9 Å². The molecule has 0 aliphatic carbocycles. The highest BCUT2D eigenvalue weighted by Crippen LogP contribution is 2.20. The Labute approximate surface area is 161 Å². The Morgan fingerprint density at radius 1 is 0.926 bits per heavy atom. The maximum absolute atomic E-state index is 11.8. The summed E-state index contributed by atoms with van der Waals surface area (Å²) in [6.07, 6.45) is -0.196. The van der Waals surface area contributed by atoms with Gasteiger partial charge in [0.15, 0.2) is 6.61 Å². The Hall–Kier alpha value is -3.06. The Morgan fingerprint density at radius 2 is 1.63 bits per heavy atom. The fraction of sp³-hybridized carbons (Fsp3) is 0.211. The normalized spacial score (nSPS) is 10.0. The number of para-hydroxylation sites is 1. The van der Waals surface area contributed by atoms with Crippen molar-refractivity contribution in [1.82, 2.24) is 0 Å². The van der Waals surface area contributed by atoms with E-state index >= 15 is 0 Å². The van der Waals surface area contributed by atoms with Gasteiger partial charge in [-0.25, -0.2) is 0 Å². The van der Waals surface area contributed by atoms with E-state index in [4.69, 9.17) is 21.1 Å². The summed E-state index contributed by atoms with van der Waals surface area (Å²) in [6, 6.07) is 13.5. The van der Waals surface area contributed by atoms with Gasteiger partial charge in [-0.2, -0.15) is 0 Å². The van der Waals surface area contributed by atoms with Crippen LogP contribution in [0, 0.1) is 0 Å². The van der Waals surface area contributed by atoms with E-state index in [1.54, 1.807) is 55.6 Å². The van der Waals surface area contributed by atoms with Gasteiger partial charge in [0.1, 0.15) is 5.75 Å². The molecular weight excluding hydrogens is 372 g/mol. The van der Waals surface area contributed by atoms with Gasteiger partial charge in [0.25, 0.3) is 5.91 Å². The number of carbonyl (C=O) groups is 3. The Balaban J connectivity index is 1.68. The number of anilines is 2. The molecule has 27 heavy (non-hydrogen) atoms. The molecule has 142 valence electrons. The average molecular weight is 391 g/mol. The van der Waals surface area contributed by atoms with Crippen LogP contribution in [0.25, 0.3) is 0 Å². The van der Waals surface area contributed by atoms with Gasteiger partial charge in [0.2, 0.25) is 5.91 Å². The fourth-order valence-corrected chi connectivity index (χ4v) is 2.26. The zero-order valence-electron chi connectivity index (χ0n) is 14.7. The third-order valence-electron chi connectivity index (χ3n) is 3.44. The highest BCUT2D eigenvalue weighted by molar-refractivity contribution is 6.33. The van der Waals surface area contributed by atoms with Crippen LogP contribution in [0.1, 0.15) is 12.8 Å². The number of hydrogen-bond donors (Lipinski definition) is 2. The van der Waals surface area contributed by atoms with Crippen molar-refractivity contribution in [3.05, 3.63) is 53.6 Å². The predicted octanol–water partition coefficient (Wildman–Crippen LogP) is 3.25. The zero-order chi connectivity index (χ0) is 19.6. The lowest BCUT2D eigenvalue weighted by molar-refractivity contribution is -0.147. The van der Waals surface area contributed by atoms with Gasteiger partial charge in [-0.05, 0) is 36.4 Å². The van der Waals surface area contributed by atoms with Crippen molar-refractivity contribution >= 4 is 40.8 Å². The minimum atomic E-state index is -0.644. The van der Waals surface area contributed by atoms with Gasteiger partial charge >= 0.3 is 5.97 Å². The third kappa shape index (κ3) is 6.99. The Kier molecular flexibility index (Phi) is 7.63. The van der Waals surface area contributed by atoms with Gasteiger partial charge in [-0.15, -0.1) is 0 Å². The van der Waals surface area contributed by atoms with E-state index in [-0.39, 0.29) is 18.7 Å². The second-order valence-electron chi connectivity index (χ2n) is 5.47. The minimum absolute atomic E-state index is 0.0585. The second kappa shape index (κ2) is 10.2. The number of halogens is 1. The van der Waals surface area contributed by atoms with Gasteiger partial charge in [0, 0.05) is 12.1 Å². The van der Waals surface area contributed by atoms with Crippen molar-refractivity contribution in [2.45, 2.75) is 12.8 Å². The first-order valence-corrected chi connectivity index (χ1v) is 8.49. The summed E-state index contributed by atoms with van der Waals surface area (Å²) in [6.45, 7) is -0.454. The molecule has 0 saturated heterocycles. The fourth-order valence-electron chi connectivity index (χ4n) is 2.08. The topological polar surface area (TPSA) is 93.7 Å². The van der Waals surface area contributed by atoms with E-state index in [1.165, 1.54) is 0 Å². The lowest BCUT2D eigenvalue weighted by Gasteiger charge is -2.08. The predicted molar refractivity (Wildman–Crippen MR) is 102 cm³/mol. The van der Waals surface area contributed by atoms with Crippen LogP contribution in [0.2, 0.25) is 5.02 Å². The highest BCUT2D eigenvalue weighted by atomic mass is 35.5. The van der Waals surface area contributed by atoms with Crippen LogP contribution in [0.4, 0.5) is 11.4 Å². The number of carbonyl (C=O) groups excluding carboxylic acids is 3. The van der Waals surface area contributed by atoms with Crippen LogP contribution >= 0.6 is 11.6 Å². The molecule has 7 nitrogen and oxygen atoms in total. The minimum Gasteiger partial charge on any atom is -0.497 e. The number of benzene rings is 2. The summed E-state index contributed by atoms with van der Waals surface area (Å²) in [7, 11) is 1.55. The molecule has 0 spiro atoms. The molecule has 2 N–H and O–H groups in total. The van der Waals surface area contributed by atoms with Crippen molar-refractivity contribution in [3.63, 3.8) is 0 Å². The van der Waals surface area contributed by atoms with Crippen molar-refractivity contribution in [2.75, 3.05) is 24.4 Å². The summed E-state index contributed by atoms with van der Waals surface area (Å²) in [5, 5.41) is 5.57. The van der Waals surface area contributed by atoms with Crippen LogP contribution in [0.5, 0.6) is 5.75 Å². The number of ether oxygens (including phenoxy) is 2. The molecular formula is C19H19ClN2O5. The van der Waals surface area contributed by atoms with E-state index in [2.05, 4.69) is 10.6 Å². The lowest BCUT2D eigenvalue weighted by Crippen LogP contribution is -2.22. The third-order valence-corrected chi connectivity index (χ3v) is 3.77.